The molecule has 0 aromatic heterocycles. The van der Waals surface area contributed by atoms with E-state index < -0.39 is 0 Å². The lowest BCUT2D eigenvalue weighted by molar-refractivity contribution is 0.0942. The molecule has 1 saturated heterocycles. The first-order valence-electron chi connectivity index (χ1n) is 6.95. The summed E-state index contributed by atoms with van der Waals surface area (Å²) in [4.78, 5) is 14.5. The minimum atomic E-state index is 0.0180. The van der Waals surface area contributed by atoms with Crippen LogP contribution in [0.4, 0.5) is 5.69 Å². The quantitative estimate of drug-likeness (QED) is 0.867. The van der Waals surface area contributed by atoms with Gasteiger partial charge in [-0.05, 0) is 38.5 Å². The third-order valence-corrected chi connectivity index (χ3v) is 3.43. The van der Waals surface area contributed by atoms with Crippen LogP contribution in [0.5, 0.6) is 0 Å². The Morgan fingerprint density at radius 1 is 1.32 bits per heavy atom. The average Bonchev–Trinajstić information content (AvgIpc) is 2.39. The van der Waals surface area contributed by atoms with Gasteiger partial charge in [-0.3, -0.25) is 4.79 Å². The average molecular weight is 261 g/mol. The molecular weight excluding hydrogens is 238 g/mol. The van der Waals surface area contributed by atoms with Crippen LogP contribution >= 0.6 is 0 Å². The summed E-state index contributed by atoms with van der Waals surface area (Å²) >= 11 is 0. The topological polar surface area (TPSA) is 44.4 Å². The highest BCUT2D eigenvalue weighted by Crippen LogP contribution is 2.23. The minimum absolute atomic E-state index is 0.0180. The highest BCUT2D eigenvalue weighted by atomic mass is 16.1. The third-order valence-electron chi connectivity index (χ3n) is 3.43. The molecule has 4 nitrogen and oxygen atoms in total. The molecular formula is C15H23N3O. The van der Waals surface area contributed by atoms with E-state index in [-0.39, 0.29) is 11.9 Å². The number of benzene rings is 1. The SMILES string of the molecule is Cc1c(C(=O)NC(C)C)cccc1N1CCNCC1. The van der Waals surface area contributed by atoms with Crippen LogP contribution < -0.4 is 15.5 Å². The van der Waals surface area contributed by atoms with Crippen molar-refractivity contribution in [1.29, 1.82) is 0 Å². The van der Waals surface area contributed by atoms with E-state index >= 15 is 0 Å². The lowest BCUT2D eigenvalue weighted by atomic mass is 10.0. The van der Waals surface area contributed by atoms with Crippen molar-refractivity contribution in [2.45, 2.75) is 26.8 Å². The van der Waals surface area contributed by atoms with Crippen molar-refractivity contribution < 1.29 is 4.79 Å². The molecule has 104 valence electrons. The van der Waals surface area contributed by atoms with Gasteiger partial charge in [-0.25, -0.2) is 0 Å². The standard InChI is InChI=1S/C15H23N3O/c1-11(2)17-15(19)13-5-4-6-14(12(13)3)18-9-7-16-8-10-18/h4-6,11,16H,7-10H2,1-3H3,(H,17,19). The van der Waals surface area contributed by atoms with Gasteiger partial charge in [-0.15, -0.1) is 0 Å². The van der Waals surface area contributed by atoms with E-state index in [2.05, 4.69) is 21.6 Å². The maximum Gasteiger partial charge on any atom is 0.251 e. The summed E-state index contributed by atoms with van der Waals surface area (Å²) in [6.45, 7) is 9.99. The largest absolute Gasteiger partial charge is 0.369 e. The number of hydrogen-bond donors (Lipinski definition) is 2. The fourth-order valence-electron chi connectivity index (χ4n) is 2.46. The zero-order valence-corrected chi connectivity index (χ0v) is 12.0. The first kappa shape index (κ1) is 13.9. The van der Waals surface area contributed by atoms with Crippen LogP contribution in [-0.4, -0.2) is 38.1 Å². The van der Waals surface area contributed by atoms with E-state index in [9.17, 15) is 4.79 Å². The molecule has 1 amide bonds. The molecule has 1 aromatic carbocycles. The van der Waals surface area contributed by atoms with Gasteiger partial charge in [0, 0.05) is 43.5 Å². The molecule has 0 unspecified atom stereocenters. The van der Waals surface area contributed by atoms with E-state index in [1.54, 1.807) is 0 Å². The molecule has 1 aliphatic heterocycles. The van der Waals surface area contributed by atoms with Gasteiger partial charge in [0.25, 0.3) is 5.91 Å². The first-order chi connectivity index (χ1) is 9.09. The zero-order chi connectivity index (χ0) is 13.8. The molecule has 1 heterocycles. The van der Waals surface area contributed by atoms with Crippen molar-refractivity contribution in [3.05, 3.63) is 29.3 Å². The number of piperazine rings is 1. The van der Waals surface area contributed by atoms with Crippen LogP contribution in [0.15, 0.2) is 18.2 Å². The van der Waals surface area contributed by atoms with Gasteiger partial charge < -0.3 is 15.5 Å². The molecule has 4 heteroatoms. The fourth-order valence-corrected chi connectivity index (χ4v) is 2.46. The predicted octanol–water partition coefficient (Wildman–Crippen LogP) is 1.54. The Kier molecular flexibility index (Phi) is 4.43. The Morgan fingerprint density at radius 2 is 2.00 bits per heavy atom. The van der Waals surface area contributed by atoms with Crippen LogP contribution in [0.3, 0.4) is 0 Å². The number of amides is 1. The molecule has 0 aliphatic carbocycles. The number of anilines is 1. The maximum atomic E-state index is 12.2. The molecule has 19 heavy (non-hydrogen) atoms. The monoisotopic (exact) mass is 261 g/mol. The van der Waals surface area contributed by atoms with Gasteiger partial charge in [0.15, 0.2) is 0 Å². The summed E-state index contributed by atoms with van der Waals surface area (Å²) in [5, 5.41) is 6.31. The molecule has 0 atom stereocenters. The van der Waals surface area contributed by atoms with Crippen LogP contribution in [0.25, 0.3) is 0 Å². The van der Waals surface area contributed by atoms with E-state index in [0.29, 0.717) is 0 Å². The molecule has 0 radical (unpaired) electrons. The third kappa shape index (κ3) is 3.26. The summed E-state index contributed by atoms with van der Waals surface area (Å²) in [5.74, 6) is 0.0180. The lowest BCUT2D eigenvalue weighted by Gasteiger charge is -2.31. The van der Waals surface area contributed by atoms with E-state index in [1.165, 1.54) is 5.69 Å². The number of carbonyl (C=O) groups is 1. The van der Waals surface area contributed by atoms with Crippen LogP contribution in [-0.2, 0) is 0 Å². The minimum Gasteiger partial charge on any atom is -0.369 e. The zero-order valence-electron chi connectivity index (χ0n) is 12.0. The first-order valence-corrected chi connectivity index (χ1v) is 6.95. The van der Waals surface area contributed by atoms with Crippen molar-refractivity contribution in [3.8, 4) is 0 Å². The van der Waals surface area contributed by atoms with Crippen LogP contribution in [0.2, 0.25) is 0 Å². The number of carbonyl (C=O) groups excluding carboxylic acids is 1. The van der Waals surface area contributed by atoms with Crippen molar-refractivity contribution in [1.82, 2.24) is 10.6 Å². The second kappa shape index (κ2) is 6.06. The second-order valence-corrected chi connectivity index (χ2v) is 5.31. The molecule has 2 rings (SSSR count). The molecule has 1 aromatic rings. The van der Waals surface area contributed by atoms with Crippen molar-refractivity contribution in [2.24, 2.45) is 0 Å². The molecule has 1 fully saturated rings. The van der Waals surface area contributed by atoms with Gasteiger partial charge in [-0.1, -0.05) is 6.07 Å². The molecule has 1 aliphatic rings. The van der Waals surface area contributed by atoms with Crippen molar-refractivity contribution >= 4 is 11.6 Å². The molecule has 2 N–H and O–H groups in total. The second-order valence-electron chi connectivity index (χ2n) is 5.31. The predicted molar refractivity (Wildman–Crippen MR) is 78.9 cm³/mol. The van der Waals surface area contributed by atoms with Crippen LogP contribution in [0.1, 0.15) is 29.8 Å². The van der Waals surface area contributed by atoms with E-state index in [1.807, 2.05) is 32.9 Å². The van der Waals surface area contributed by atoms with Gasteiger partial charge in [0.2, 0.25) is 0 Å². The van der Waals surface area contributed by atoms with Gasteiger partial charge in [0.05, 0.1) is 0 Å². The number of rotatable bonds is 3. The Hall–Kier alpha value is -1.55. The summed E-state index contributed by atoms with van der Waals surface area (Å²) in [7, 11) is 0. The van der Waals surface area contributed by atoms with Gasteiger partial charge in [-0.2, -0.15) is 0 Å². The van der Waals surface area contributed by atoms with Crippen molar-refractivity contribution in [2.75, 3.05) is 31.1 Å². The summed E-state index contributed by atoms with van der Waals surface area (Å²) in [6.07, 6.45) is 0. The van der Waals surface area contributed by atoms with Crippen LogP contribution in [0, 0.1) is 6.92 Å². The number of nitrogens with zero attached hydrogens (tertiary/aromatic N) is 1. The summed E-state index contributed by atoms with van der Waals surface area (Å²) in [5.41, 5.74) is 3.03. The fraction of sp³-hybridized carbons (Fsp3) is 0.533. The van der Waals surface area contributed by atoms with Gasteiger partial charge in [0.1, 0.15) is 0 Å². The lowest BCUT2D eigenvalue weighted by Crippen LogP contribution is -2.44. The molecule has 0 spiro atoms. The summed E-state index contributed by atoms with van der Waals surface area (Å²) < 4.78 is 0. The number of nitrogens with one attached hydrogen (secondary N) is 2. The number of hydrogen-bond acceptors (Lipinski definition) is 3. The highest BCUT2D eigenvalue weighted by molar-refractivity contribution is 5.97. The Bertz CT molecular complexity index is 451. The molecule has 0 saturated carbocycles. The highest BCUT2D eigenvalue weighted by Gasteiger charge is 2.17. The van der Waals surface area contributed by atoms with E-state index in [4.69, 9.17) is 0 Å². The Morgan fingerprint density at radius 3 is 2.63 bits per heavy atom. The van der Waals surface area contributed by atoms with E-state index in [0.717, 1.165) is 37.3 Å². The summed E-state index contributed by atoms with van der Waals surface area (Å²) in [6, 6.07) is 6.14. The smallest absolute Gasteiger partial charge is 0.251 e. The maximum absolute atomic E-state index is 12.2. The van der Waals surface area contributed by atoms with Crippen molar-refractivity contribution in [3.63, 3.8) is 0 Å². The normalized spacial score (nSPS) is 15.7. The molecule has 0 bridgehead atoms. The Labute approximate surface area is 115 Å². The van der Waals surface area contributed by atoms with Gasteiger partial charge >= 0.3 is 0 Å². The Balaban J connectivity index is 2.24.